The van der Waals surface area contributed by atoms with Crippen LogP contribution in [-0.4, -0.2) is 32.3 Å². The summed E-state index contributed by atoms with van der Waals surface area (Å²) in [6.07, 6.45) is 0.519. The fourth-order valence-corrected chi connectivity index (χ4v) is 1.37. The summed E-state index contributed by atoms with van der Waals surface area (Å²) < 4.78 is 0. The highest BCUT2D eigenvalue weighted by Crippen LogP contribution is 2.10. The summed E-state index contributed by atoms with van der Waals surface area (Å²) in [5, 5.41) is 19.6. The van der Waals surface area contributed by atoms with Crippen LogP contribution in [0.3, 0.4) is 0 Å². The average Bonchev–Trinajstić information content (AvgIpc) is 2.21. The maximum atomic E-state index is 11.1. The molecule has 2 N–H and O–H groups in total. The van der Waals surface area contributed by atoms with E-state index in [2.05, 4.69) is 20.5 Å². The standard InChI is InChI=1S/C11H18N4O2/c1-6(2)5-9(10(16)17)13-11-12-7(3)8(4)14-15-11/h6,9H,5H2,1-4H3,(H,16,17)(H,12,13,15)/t9-/m0/s1. The monoisotopic (exact) mass is 238 g/mol. The first-order valence-electron chi connectivity index (χ1n) is 5.57. The Kier molecular flexibility index (Phi) is 4.37. The number of anilines is 1. The second-order valence-corrected chi connectivity index (χ2v) is 4.47. The van der Waals surface area contributed by atoms with Crippen molar-refractivity contribution in [3.63, 3.8) is 0 Å². The molecule has 0 aliphatic rings. The second-order valence-electron chi connectivity index (χ2n) is 4.47. The Morgan fingerprint density at radius 2 is 1.94 bits per heavy atom. The van der Waals surface area contributed by atoms with E-state index < -0.39 is 12.0 Å². The van der Waals surface area contributed by atoms with E-state index in [0.29, 0.717) is 6.42 Å². The van der Waals surface area contributed by atoms with Crippen LogP contribution in [0, 0.1) is 19.8 Å². The van der Waals surface area contributed by atoms with Crippen molar-refractivity contribution in [1.29, 1.82) is 0 Å². The van der Waals surface area contributed by atoms with Crippen molar-refractivity contribution in [3.05, 3.63) is 11.4 Å². The zero-order valence-electron chi connectivity index (χ0n) is 10.6. The summed E-state index contributed by atoms with van der Waals surface area (Å²) in [4.78, 5) is 15.2. The quantitative estimate of drug-likeness (QED) is 0.806. The van der Waals surface area contributed by atoms with Crippen LogP contribution < -0.4 is 5.32 Å². The molecule has 0 aliphatic heterocycles. The number of carbonyl (C=O) groups is 1. The van der Waals surface area contributed by atoms with E-state index in [1.54, 1.807) is 0 Å². The smallest absolute Gasteiger partial charge is 0.326 e. The van der Waals surface area contributed by atoms with E-state index in [0.717, 1.165) is 11.4 Å². The van der Waals surface area contributed by atoms with Gasteiger partial charge < -0.3 is 10.4 Å². The van der Waals surface area contributed by atoms with E-state index in [4.69, 9.17) is 5.11 Å². The Morgan fingerprint density at radius 1 is 1.29 bits per heavy atom. The van der Waals surface area contributed by atoms with Crippen LogP contribution >= 0.6 is 0 Å². The van der Waals surface area contributed by atoms with Crippen LogP contribution in [0.15, 0.2) is 0 Å². The molecule has 1 heterocycles. The zero-order chi connectivity index (χ0) is 13.0. The predicted molar refractivity (Wildman–Crippen MR) is 63.8 cm³/mol. The van der Waals surface area contributed by atoms with Gasteiger partial charge in [-0.3, -0.25) is 0 Å². The Hall–Kier alpha value is -1.72. The Labute approximate surface area is 100 Å². The third kappa shape index (κ3) is 3.97. The number of rotatable bonds is 5. The minimum absolute atomic E-state index is 0.265. The summed E-state index contributed by atoms with van der Waals surface area (Å²) in [5.74, 6) is -0.357. The lowest BCUT2D eigenvalue weighted by atomic mass is 10.0. The number of hydrogen-bond acceptors (Lipinski definition) is 5. The lowest BCUT2D eigenvalue weighted by Gasteiger charge is -2.16. The summed E-state index contributed by atoms with van der Waals surface area (Å²) in [6.45, 7) is 7.56. The van der Waals surface area contributed by atoms with E-state index in [9.17, 15) is 4.79 Å². The fraction of sp³-hybridized carbons (Fsp3) is 0.636. The van der Waals surface area contributed by atoms with Gasteiger partial charge in [0.05, 0.1) is 11.4 Å². The first kappa shape index (κ1) is 13.3. The van der Waals surface area contributed by atoms with Gasteiger partial charge in [-0.1, -0.05) is 13.8 Å². The van der Waals surface area contributed by atoms with Crippen LogP contribution in [-0.2, 0) is 4.79 Å². The molecule has 0 amide bonds. The van der Waals surface area contributed by atoms with E-state index in [1.807, 2.05) is 27.7 Å². The van der Waals surface area contributed by atoms with Gasteiger partial charge in [-0.15, -0.1) is 5.10 Å². The average molecular weight is 238 g/mol. The summed E-state index contributed by atoms with van der Waals surface area (Å²) in [6, 6.07) is -0.682. The molecule has 0 unspecified atom stereocenters. The Bertz CT molecular complexity index is 406. The molecule has 0 aromatic carbocycles. The number of aromatic nitrogens is 3. The van der Waals surface area contributed by atoms with Gasteiger partial charge in [0, 0.05) is 0 Å². The molecule has 1 rings (SSSR count). The number of carboxylic acids is 1. The molecule has 0 aliphatic carbocycles. The fourth-order valence-electron chi connectivity index (χ4n) is 1.37. The topological polar surface area (TPSA) is 88.0 Å². The summed E-state index contributed by atoms with van der Waals surface area (Å²) in [7, 11) is 0. The first-order chi connectivity index (χ1) is 7.90. The first-order valence-corrected chi connectivity index (χ1v) is 5.57. The van der Waals surface area contributed by atoms with Crippen molar-refractivity contribution in [2.24, 2.45) is 5.92 Å². The van der Waals surface area contributed by atoms with Crippen LogP contribution in [0.4, 0.5) is 5.95 Å². The SMILES string of the molecule is Cc1nnc(N[C@@H](CC(C)C)C(=O)O)nc1C. The zero-order valence-corrected chi connectivity index (χ0v) is 10.6. The third-order valence-electron chi connectivity index (χ3n) is 2.40. The highest BCUT2D eigenvalue weighted by atomic mass is 16.4. The van der Waals surface area contributed by atoms with Crippen molar-refractivity contribution < 1.29 is 9.90 Å². The third-order valence-corrected chi connectivity index (χ3v) is 2.40. The summed E-state index contributed by atoms with van der Waals surface area (Å²) >= 11 is 0. The Balaban J connectivity index is 2.78. The van der Waals surface area contributed by atoms with Crippen LogP contribution in [0.2, 0.25) is 0 Å². The van der Waals surface area contributed by atoms with Gasteiger partial charge in [0.25, 0.3) is 0 Å². The number of carboxylic acid groups (broad SMARTS) is 1. The second kappa shape index (κ2) is 5.56. The molecule has 1 atom stereocenters. The van der Waals surface area contributed by atoms with Gasteiger partial charge in [0.1, 0.15) is 6.04 Å². The van der Waals surface area contributed by atoms with E-state index in [-0.39, 0.29) is 11.9 Å². The van der Waals surface area contributed by atoms with Gasteiger partial charge in [-0.05, 0) is 26.2 Å². The number of aliphatic carboxylic acids is 1. The molecule has 1 aromatic heterocycles. The Morgan fingerprint density at radius 3 is 2.41 bits per heavy atom. The van der Waals surface area contributed by atoms with Gasteiger partial charge in [0.2, 0.25) is 5.95 Å². The van der Waals surface area contributed by atoms with Gasteiger partial charge in [-0.25, -0.2) is 9.78 Å². The molecule has 0 radical (unpaired) electrons. The molecule has 0 bridgehead atoms. The van der Waals surface area contributed by atoms with Crippen LogP contribution in [0.25, 0.3) is 0 Å². The van der Waals surface area contributed by atoms with Crippen molar-refractivity contribution in [2.75, 3.05) is 5.32 Å². The predicted octanol–water partition coefficient (Wildman–Crippen LogP) is 1.40. The molecule has 0 fully saturated rings. The van der Waals surface area contributed by atoms with Gasteiger partial charge in [0.15, 0.2) is 0 Å². The molecule has 0 saturated heterocycles. The lowest BCUT2D eigenvalue weighted by molar-refractivity contribution is -0.138. The molecule has 17 heavy (non-hydrogen) atoms. The molecular formula is C11H18N4O2. The normalized spacial score (nSPS) is 12.5. The molecular weight excluding hydrogens is 220 g/mol. The maximum Gasteiger partial charge on any atom is 0.326 e. The molecule has 6 nitrogen and oxygen atoms in total. The van der Waals surface area contributed by atoms with Gasteiger partial charge in [-0.2, -0.15) is 5.10 Å². The highest BCUT2D eigenvalue weighted by Gasteiger charge is 2.19. The van der Waals surface area contributed by atoms with Crippen molar-refractivity contribution >= 4 is 11.9 Å². The number of hydrogen-bond donors (Lipinski definition) is 2. The minimum atomic E-state index is -0.902. The van der Waals surface area contributed by atoms with Crippen molar-refractivity contribution in [1.82, 2.24) is 15.2 Å². The number of nitrogens with zero attached hydrogens (tertiary/aromatic N) is 3. The van der Waals surface area contributed by atoms with Crippen LogP contribution in [0.5, 0.6) is 0 Å². The number of aryl methyl sites for hydroxylation is 2. The number of nitrogens with one attached hydrogen (secondary N) is 1. The maximum absolute atomic E-state index is 11.1. The van der Waals surface area contributed by atoms with E-state index >= 15 is 0 Å². The van der Waals surface area contributed by atoms with Crippen LogP contribution in [0.1, 0.15) is 31.7 Å². The molecule has 94 valence electrons. The highest BCUT2D eigenvalue weighted by molar-refractivity contribution is 5.76. The molecule has 0 saturated carbocycles. The van der Waals surface area contributed by atoms with Crippen molar-refractivity contribution in [2.45, 2.75) is 40.2 Å². The van der Waals surface area contributed by atoms with E-state index in [1.165, 1.54) is 0 Å². The summed E-state index contributed by atoms with van der Waals surface area (Å²) in [5.41, 5.74) is 1.49. The van der Waals surface area contributed by atoms with Crippen molar-refractivity contribution in [3.8, 4) is 0 Å². The molecule has 6 heteroatoms. The minimum Gasteiger partial charge on any atom is -0.480 e. The lowest BCUT2D eigenvalue weighted by Crippen LogP contribution is -2.31. The van der Waals surface area contributed by atoms with Gasteiger partial charge >= 0.3 is 5.97 Å². The molecule has 1 aromatic rings. The molecule has 0 spiro atoms. The largest absolute Gasteiger partial charge is 0.480 e.